The van der Waals surface area contributed by atoms with Gasteiger partial charge in [-0.1, -0.05) is 0 Å². The Morgan fingerprint density at radius 2 is 1.85 bits per heavy atom. The van der Waals surface area contributed by atoms with E-state index in [1.54, 1.807) is 12.1 Å². The second-order valence-corrected chi connectivity index (χ2v) is 5.55. The zero-order valence-corrected chi connectivity index (χ0v) is 14.4. The number of hydrogen-bond donors (Lipinski definition) is 1. The highest BCUT2D eigenvalue weighted by Gasteiger charge is 2.18. The normalized spacial score (nSPS) is 11.3. The van der Waals surface area contributed by atoms with Crippen molar-refractivity contribution in [1.29, 1.82) is 0 Å². The Labute approximate surface area is 149 Å². The molecule has 0 radical (unpaired) electrons. The molecule has 2 heterocycles. The molecule has 3 aromatic rings. The number of hydrogen-bond acceptors (Lipinski definition) is 5. The minimum Gasteiger partial charge on any atom is -0.476 e. The van der Waals surface area contributed by atoms with Gasteiger partial charge in [0.15, 0.2) is 11.5 Å². The molecule has 1 N–H and O–H groups in total. The third-order valence-electron chi connectivity index (χ3n) is 4.00. The van der Waals surface area contributed by atoms with Gasteiger partial charge in [0.2, 0.25) is 0 Å². The van der Waals surface area contributed by atoms with E-state index in [2.05, 4.69) is 34.0 Å². The molecule has 2 aromatic heterocycles. The van der Waals surface area contributed by atoms with Gasteiger partial charge < -0.3 is 10.0 Å². The maximum absolute atomic E-state index is 13.5. The predicted molar refractivity (Wildman–Crippen MR) is 96.3 cm³/mol. The molecule has 0 saturated carbocycles. The molecular formula is C18H18FN5O2. The van der Waals surface area contributed by atoms with Crippen LogP contribution in [-0.2, 0) is 0 Å². The smallest absolute Gasteiger partial charge is 0.358 e. The molecule has 1 aromatic carbocycles. The molecular weight excluding hydrogens is 337 g/mol. The zero-order chi connectivity index (χ0) is 18.7. The summed E-state index contributed by atoms with van der Waals surface area (Å²) in [4.78, 5) is 17.5. The summed E-state index contributed by atoms with van der Waals surface area (Å²) in [5, 5.41) is 17.4. The summed E-state index contributed by atoms with van der Waals surface area (Å²) in [5.41, 5.74) is 1.63. The second kappa shape index (κ2) is 7.30. The van der Waals surface area contributed by atoms with E-state index in [9.17, 15) is 14.3 Å². The molecule has 26 heavy (non-hydrogen) atoms. The van der Waals surface area contributed by atoms with Crippen molar-refractivity contribution in [3.63, 3.8) is 0 Å². The van der Waals surface area contributed by atoms with Gasteiger partial charge in [0, 0.05) is 25.0 Å². The highest BCUT2D eigenvalue weighted by molar-refractivity contribution is 5.91. The van der Waals surface area contributed by atoms with Gasteiger partial charge in [0.05, 0.1) is 5.69 Å². The Bertz CT molecular complexity index is 962. The summed E-state index contributed by atoms with van der Waals surface area (Å²) < 4.78 is 14.8. The minimum absolute atomic E-state index is 0.0279. The van der Waals surface area contributed by atoms with E-state index < -0.39 is 11.8 Å². The third-order valence-corrected chi connectivity index (χ3v) is 4.00. The summed E-state index contributed by atoms with van der Waals surface area (Å²) in [5.74, 6) is -1.80. The first-order valence-corrected chi connectivity index (χ1v) is 8.21. The van der Waals surface area contributed by atoms with Gasteiger partial charge in [-0.25, -0.2) is 14.2 Å². The van der Waals surface area contributed by atoms with Crippen LogP contribution in [-0.4, -0.2) is 33.6 Å². The summed E-state index contributed by atoms with van der Waals surface area (Å²) in [6, 6.07) is 10.0. The molecule has 0 fully saturated rings. The molecule has 0 unspecified atom stereocenters. The third kappa shape index (κ3) is 3.39. The average molecular weight is 355 g/mol. The number of rotatable bonds is 6. The summed E-state index contributed by atoms with van der Waals surface area (Å²) >= 11 is 0. The van der Waals surface area contributed by atoms with Crippen LogP contribution in [0.1, 0.15) is 24.3 Å². The number of fused-ring (bicyclic) bond motifs is 1. The lowest BCUT2D eigenvalue weighted by Gasteiger charge is -2.20. The molecule has 0 atom stereocenters. The number of pyridine rings is 1. The SMILES string of the molecule is CCN(CC)c1ccc(N=Nc2c(C(=O)O)nc3ccc(F)cn23)cc1. The van der Waals surface area contributed by atoms with Crippen LogP contribution in [0.2, 0.25) is 0 Å². The summed E-state index contributed by atoms with van der Waals surface area (Å²) in [7, 11) is 0. The Balaban J connectivity index is 1.96. The maximum atomic E-state index is 13.5. The standard InChI is InChI=1S/C18H18FN5O2/c1-3-23(4-2)14-8-6-13(7-9-14)21-22-17-16(18(25)26)20-15-10-5-12(19)11-24(15)17/h5-11H,3-4H2,1-2H3,(H,25,26). The quantitative estimate of drug-likeness (QED) is 0.663. The fraction of sp³-hybridized carbons (Fsp3) is 0.222. The molecule has 0 saturated heterocycles. The fourth-order valence-corrected chi connectivity index (χ4v) is 2.67. The van der Waals surface area contributed by atoms with E-state index in [-0.39, 0.29) is 17.2 Å². The number of carboxylic acids is 1. The monoisotopic (exact) mass is 355 g/mol. The van der Waals surface area contributed by atoms with Crippen molar-refractivity contribution in [3.05, 3.63) is 54.1 Å². The molecule has 7 nitrogen and oxygen atoms in total. The van der Waals surface area contributed by atoms with Gasteiger partial charge in [-0.2, -0.15) is 0 Å². The van der Waals surface area contributed by atoms with Crippen LogP contribution < -0.4 is 4.90 Å². The predicted octanol–water partition coefficient (Wildman–Crippen LogP) is 4.43. The van der Waals surface area contributed by atoms with Crippen LogP contribution in [0.3, 0.4) is 0 Å². The number of carbonyl (C=O) groups is 1. The molecule has 0 spiro atoms. The van der Waals surface area contributed by atoms with Gasteiger partial charge in [-0.3, -0.25) is 4.40 Å². The van der Waals surface area contributed by atoms with Crippen molar-refractivity contribution in [3.8, 4) is 0 Å². The van der Waals surface area contributed by atoms with Crippen molar-refractivity contribution in [1.82, 2.24) is 9.38 Å². The number of azo groups is 1. The number of aromatic carboxylic acids is 1. The fourth-order valence-electron chi connectivity index (χ4n) is 2.67. The van der Waals surface area contributed by atoms with Crippen LogP contribution in [0.25, 0.3) is 5.65 Å². The van der Waals surface area contributed by atoms with Crippen molar-refractivity contribution in [2.75, 3.05) is 18.0 Å². The molecule has 0 amide bonds. The van der Waals surface area contributed by atoms with E-state index in [0.717, 1.165) is 25.0 Å². The van der Waals surface area contributed by atoms with E-state index in [1.165, 1.54) is 16.5 Å². The molecule has 3 rings (SSSR count). The van der Waals surface area contributed by atoms with Gasteiger partial charge in [0.1, 0.15) is 11.5 Å². The van der Waals surface area contributed by atoms with Crippen LogP contribution in [0.15, 0.2) is 52.8 Å². The molecule has 8 heteroatoms. The summed E-state index contributed by atoms with van der Waals surface area (Å²) in [6.45, 7) is 5.95. The lowest BCUT2D eigenvalue weighted by Crippen LogP contribution is -2.21. The molecule has 0 aliphatic heterocycles. The first-order valence-electron chi connectivity index (χ1n) is 8.21. The average Bonchev–Trinajstić information content (AvgIpc) is 3.00. The van der Waals surface area contributed by atoms with E-state index >= 15 is 0 Å². The van der Waals surface area contributed by atoms with Crippen molar-refractivity contribution in [2.45, 2.75) is 13.8 Å². The Kier molecular flexibility index (Phi) is 4.92. The maximum Gasteiger partial charge on any atom is 0.358 e. The van der Waals surface area contributed by atoms with Crippen LogP contribution in [0, 0.1) is 5.82 Å². The lowest BCUT2D eigenvalue weighted by atomic mass is 10.2. The number of carboxylic acid groups (broad SMARTS) is 1. The largest absolute Gasteiger partial charge is 0.476 e. The number of nitrogens with zero attached hydrogens (tertiary/aromatic N) is 5. The number of aromatic nitrogens is 2. The topological polar surface area (TPSA) is 82.6 Å². The number of halogens is 1. The van der Waals surface area contributed by atoms with Gasteiger partial charge in [-0.15, -0.1) is 10.2 Å². The van der Waals surface area contributed by atoms with Crippen molar-refractivity contribution >= 4 is 28.8 Å². The Morgan fingerprint density at radius 1 is 1.15 bits per heavy atom. The van der Waals surface area contributed by atoms with E-state index in [4.69, 9.17) is 0 Å². The molecule has 0 bridgehead atoms. The van der Waals surface area contributed by atoms with Crippen LogP contribution in [0.4, 0.5) is 21.6 Å². The number of imidazole rings is 1. The van der Waals surface area contributed by atoms with E-state index in [0.29, 0.717) is 5.69 Å². The first kappa shape index (κ1) is 17.5. The Hall–Kier alpha value is -3.29. The lowest BCUT2D eigenvalue weighted by molar-refractivity contribution is 0.0692. The summed E-state index contributed by atoms with van der Waals surface area (Å²) in [6.07, 6.45) is 1.13. The second-order valence-electron chi connectivity index (χ2n) is 5.55. The van der Waals surface area contributed by atoms with Gasteiger partial charge in [-0.05, 0) is 50.2 Å². The van der Waals surface area contributed by atoms with E-state index in [1.807, 2.05) is 12.1 Å². The van der Waals surface area contributed by atoms with Crippen molar-refractivity contribution in [2.24, 2.45) is 10.2 Å². The Morgan fingerprint density at radius 3 is 2.46 bits per heavy atom. The van der Waals surface area contributed by atoms with Crippen LogP contribution in [0.5, 0.6) is 0 Å². The highest BCUT2D eigenvalue weighted by Crippen LogP contribution is 2.26. The molecule has 0 aliphatic carbocycles. The van der Waals surface area contributed by atoms with Crippen molar-refractivity contribution < 1.29 is 14.3 Å². The zero-order valence-electron chi connectivity index (χ0n) is 14.4. The van der Waals surface area contributed by atoms with Crippen LogP contribution >= 0.6 is 0 Å². The number of anilines is 1. The molecule has 134 valence electrons. The number of benzene rings is 1. The van der Waals surface area contributed by atoms with Gasteiger partial charge >= 0.3 is 5.97 Å². The van der Waals surface area contributed by atoms with Gasteiger partial charge in [0.25, 0.3) is 0 Å². The molecule has 0 aliphatic rings. The highest BCUT2D eigenvalue weighted by atomic mass is 19.1. The first-order chi connectivity index (χ1) is 12.5. The minimum atomic E-state index is -1.25.